The van der Waals surface area contributed by atoms with Crippen molar-refractivity contribution in [2.45, 2.75) is 13.0 Å². The number of anilines is 1. The highest BCUT2D eigenvalue weighted by atomic mass is 32.1. The summed E-state index contributed by atoms with van der Waals surface area (Å²) in [5.74, 6) is -0.583. The molecule has 1 atom stereocenters. The quantitative estimate of drug-likeness (QED) is 0.260. The molecule has 2 aromatic heterocycles. The van der Waals surface area contributed by atoms with E-state index in [0.717, 1.165) is 15.8 Å². The Morgan fingerprint density at radius 2 is 1.88 bits per heavy atom. The second kappa shape index (κ2) is 7.32. The summed E-state index contributed by atoms with van der Waals surface area (Å²) in [6, 6.07) is 17.5. The first-order valence-corrected chi connectivity index (χ1v) is 11.2. The third kappa shape index (κ3) is 2.94. The second-order valence-corrected chi connectivity index (χ2v) is 9.08. The number of benzene rings is 3. The van der Waals surface area contributed by atoms with Crippen LogP contribution < -0.4 is 10.3 Å². The van der Waals surface area contributed by atoms with Gasteiger partial charge in [-0.25, -0.2) is 4.98 Å². The lowest BCUT2D eigenvalue weighted by Crippen LogP contribution is -2.29. The average molecular weight is 469 g/mol. The van der Waals surface area contributed by atoms with Gasteiger partial charge in [0.05, 0.1) is 32.1 Å². The zero-order chi connectivity index (χ0) is 23.6. The molecule has 0 radical (unpaired) electrons. The van der Waals surface area contributed by atoms with Gasteiger partial charge in [-0.2, -0.15) is 0 Å². The standard InChI is InChI=1S/C25H15N3O5S/c1-13-9-10-17-19(11-13)34-25(26-17)27-21(14-5-4-6-15(12-14)28(31)32)20-22(29)16-7-2-3-8-18(16)33-23(20)24(27)30/h2-12,21H,1H3. The third-order valence-electron chi connectivity index (χ3n) is 5.91. The van der Waals surface area contributed by atoms with Gasteiger partial charge in [0.25, 0.3) is 11.6 Å². The van der Waals surface area contributed by atoms with Crippen molar-refractivity contribution in [3.05, 3.63) is 110 Å². The maximum atomic E-state index is 13.7. The highest BCUT2D eigenvalue weighted by Crippen LogP contribution is 2.44. The smallest absolute Gasteiger partial charge is 0.297 e. The fraction of sp³-hybridized carbons (Fsp3) is 0.0800. The van der Waals surface area contributed by atoms with E-state index in [-0.39, 0.29) is 22.4 Å². The van der Waals surface area contributed by atoms with Gasteiger partial charge < -0.3 is 4.42 Å². The number of aromatic nitrogens is 1. The average Bonchev–Trinajstić information content (AvgIpc) is 3.37. The van der Waals surface area contributed by atoms with Crippen LogP contribution in [-0.2, 0) is 0 Å². The SMILES string of the molecule is Cc1ccc2nc(N3C(=O)c4oc5ccccc5c(=O)c4C3c3cccc([N+](=O)[O-])c3)sc2c1. The van der Waals surface area contributed by atoms with Crippen molar-refractivity contribution in [1.29, 1.82) is 0 Å². The van der Waals surface area contributed by atoms with E-state index in [1.54, 1.807) is 36.4 Å². The van der Waals surface area contributed by atoms with Crippen LogP contribution in [0, 0.1) is 17.0 Å². The Labute approximate surface area is 195 Å². The summed E-state index contributed by atoms with van der Waals surface area (Å²) in [5, 5.41) is 12.2. The number of para-hydroxylation sites is 1. The van der Waals surface area contributed by atoms with E-state index < -0.39 is 16.9 Å². The van der Waals surface area contributed by atoms with Crippen LogP contribution in [-0.4, -0.2) is 15.8 Å². The molecule has 5 aromatic rings. The Morgan fingerprint density at radius 3 is 2.71 bits per heavy atom. The van der Waals surface area contributed by atoms with Crippen molar-refractivity contribution < 1.29 is 14.1 Å². The van der Waals surface area contributed by atoms with E-state index in [1.807, 2.05) is 25.1 Å². The summed E-state index contributed by atoms with van der Waals surface area (Å²) < 4.78 is 6.81. The number of thiazole rings is 1. The van der Waals surface area contributed by atoms with Crippen molar-refractivity contribution in [2.24, 2.45) is 0 Å². The van der Waals surface area contributed by atoms with Crippen molar-refractivity contribution in [3.8, 4) is 0 Å². The van der Waals surface area contributed by atoms with Gasteiger partial charge in [-0.15, -0.1) is 0 Å². The molecule has 3 aromatic carbocycles. The number of nitro benzene ring substituents is 1. The third-order valence-corrected chi connectivity index (χ3v) is 6.93. The van der Waals surface area contributed by atoms with Gasteiger partial charge in [-0.05, 0) is 42.3 Å². The molecule has 1 aliphatic heterocycles. The van der Waals surface area contributed by atoms with Crippen LogP contribution in [0.1, 0.15) is 33.3 Å². The number of hydrogen-bond acceptors (Lipinski definition) is 7. The maximum absolute atomic E-state index is 13.7. The van der Waals surface area contributed by atoms with Crippen molar-refractivity contribution in [3.63, 3.8) is 0 Å². The number of hydrogen-bond donors (Lipinski definition) is 0. The minimum atomic E-state index is -0.912. The van der Waals surface area contributed by atoms with E-state index in [1.165, 1.54) is 28.4 Å². The van der Waals surface area contributed by atoms with E-state index in [9.17, 15) is 19.7 Å². The molecule has 0 aliphatic carbocycles. The molecule has 3 heterocycles. The first kappa shape index (κ1) is 20.3. The summed E-state index contributed by atoms with van der Waals surface area (Å²) in [6.07, 6.45) is 0. The Hall–Kier alpha value is -4.37. The summed E-state index contributed by atoms with van der Waals surface area (Å²) in [7, 11) is 0. The monoisotopic (exact) mass is 469 g/mol. The summed E-state index contributed by atoms with van der Waals surface area (Å²) in [6.45, 7) is 1.97. The van der Waals surface area contributed by atoms with Crippen LogP contribution in [0.25, 0.3) is 21.2 Å². The topological polar surface area (TPSA) is 107 Å². The minimum Gasteiger partial charge on any atom is -0.450 e. The lowest BCUT2D eigenvalue weighted by Gasteiger charge is -2.22. The molecule has 9 heteroatoms. The molecule has 0 spiro atoms. The number of carbonyl (C=O) groups is 1. The predicted molar refractivity (Wildman–Crippen MR) is 129 cm³/mol. The minimum absolute atomic E-state index is 0.0735. The van der Waals surface area contributed by atoms with Crippen LogP contribution in [0.5, 0.6) is 0 Å². The lowest BCUT2D eigenvalue weighted by atomic mass is 9.98. The Kier molecular flexibility index (Phi) is 4.36. The molecule has 0 fully saturated rings. The van der Waals surface area contributed by atoms with Crippen LogP contribution in [0.3, 0.4) is 0 Å². The largest absolute Gasteiger partial charge is 0.450 e. The molecular weight excluding hydrogens is 454 g/mol. The number of amides is 1. The van der Waals surface area contributed by atoms with Gasteiger partial charge in [0.1, 0.15) is 5.58 Å². The fourth-order valence-electron chi connectivity index (χ4n) is 4.36. The highest BCUT2D eigenvalue weighted by Gasteiger charge is 2.45. The van der Waals surface area contributed by atoms with E-state index in [0.29, 0.717) is 21.7 Å². The molecule has 0 saturated heterocycles. The number of rotatable bonds is 3. The summed E-state index contributed by atoms with van der Waals surface area (Å²) in [4.78, 5) is 44.2. The van der Waals surface area contributed by atoms with Crippen molar-refractivity contribution >= 4 is 49.2 Å². The first-order valence-electron chi connectivity index (χ1n) is 10.4. The van der Waals surface area contributed by atoms with Gasteiger partial charge in [-0.3, -0.25) is 24.6 Å². The molecule has 1 unspecified atom stereocenters. The predicted octanol–water partition coefficient (Wildman–Crippen LogP) is 5.37. The van der Waals surface area contributed by atoms with Gasteiger partial charge >= 0.3 is 0 Å². The second-order valence-electron chi connectivity index (χ2n) is 8.07. The van der Waals surface area contributed by atoms with Gasteiger partial charge in [-0.1, -0.05) is 41.7 Å². The molecule has 0 saturated carbocycles. The highest BCUT2D eigenvalue weighted by molar-refractivity contribution is 7.22. The van der Waals surface area contributed by atoms with Crippen LogP contribution in [0.15, 0.2) is 75.9 Å². The fourth-order valence-corrected chi connectivity index (χ4v) is 5.45. The Morgan fingerprint density at radius 1 is 1.06 bits per heavy atom. The molecule has 166 valence electrons. The van der Waals surface area contributed by atoms with Crippen LogP contribution >= 0.6 is 11.3 Å². The van der Waals surface area contributed by atoms with Crippen molar-refractivity contribution in [1.82, 2.24) is 4.98 Å². The zero-order valence-electron chi connectivity index (χ0n) is 17.7. The number of non-ortho nitro benzene ring substituents is 1. The van der Waals surface area contributed by atoms with E-state index in [4.69, 9.17) is 4.42 Å². The molecule has 34 heavy (non-hydrogen) atoms. The van der Waals surface area contributed by atoms with Crippen molar-refractivity contribution in [2.75, 3.05) is 4.90 Å². The first-order chi connectivity index (χ1) is 16.4. The molecule has 6 rings (SSSR count). The normalized spacial score (nSPS) is 15.3. The molecule has 0 bridgehead atoms. The number of carbonyl (C=O) groups excluding carboxylic acids is 1. The number of aryl methyl sites for hydroxylation is 1. The Bertz CT molecular complexity index is 1720. The molecule has 0 N–H and O–H groups in total. The van der Waals surface area contributed by atoms with Crippen LogP contribution in [0.2, 0.25) is 0 Å². The number of nitrogens with zero attached hydrogens (tertiary/aromatic N) is 3. The number of fused-ring (bicyclic) bond motifs is 3. The lowest BCUT2D eigenvalue weighted by molar-refractivity contribution is -0.384. The molecule has 1 aliphatic rings. The summed E-state index contributed by atoms with van der Waals surface area (Å²) >= 11 is 1.32. The van der Waals surface area contributed by atoms with Crippen LogP contribution in [0.4, 0.5) is 10.8 Å². The summed E-state index contributed by atoms with van der Waals surface area (Å²) in [5.41, 5.74) is 2.18. The molecule has 1 amide bonds. The number of nitro groups is 1. The van der Waals surface area contributed by atoms with E-state index >= 15 is 0 Å². The Balaban J connectivity index is 1.64. The maximum Gasteiger partial charge on any atom is 0.297 e. The van der Waals surface area contributed by atoms with Gasteiger partial charge in [0, 0.05) is 12.1 Å². The molecular formula is C25H15N3O5S. The van der Waals surface area contributed by atoms with Gasteiger partial charge in [0.2, 0.25) is 5.76 Å². The van der Waals surface area contributed by atoms with Gasteiger partial charge in [0.15, 0.2) is 10.6 Å². The zero-order valence-corrected chi connectivity index (χ0v) is 18.5. The van der Waals surface area contributed by atoms with E-state index in [2.05, 4.69) is 4.98 Å². The molecule has 8 nitrogen and oxygen atoms in total.